The van der Waals surface area contributed by atoms with Crippen molar-refractivity contribution in [3.8, 4) is 80.5 Å². The predicted octanol–water partition coefficient (Wildman–Crippen LogP) is 19.1. The highest BCUT2D eigenvalue weighted by Gasteiger charge is 2.34. The zero-order valence-corrected chi connectivity index (χ0v) is 84.4. The molecule has 10 aromatic rings. The van der Waals surface area contributed by atoms with Crippen LogP contribution >= 0.6 is 11.6 Å². The van der Waals surface area contributed by atoms with Gasteiger partial charge in [0.15, 0.2) is 75.0 Å². The van der Waals surface area contributed by atoms with Crippen LogP contribution < -0.4 is 47.4 Å². The van der Waals surface area contributed by atoms with Crippen molar-refractivity contribution in [1.82, 2.24) is 0 Å². The number of hydrogen-bond acceptors (Lipinski definition) is 28. The van der Waals surface area contributed by atoms with Gasteiger partial charge in [-0.05, 0) is 280 Å². The number of aliphatic carboxylic acids is 3. The van der Waals surface area contributed by atoms with Gasteiger partial charge in [-0.3, -0.25) is 47.9 Å². The number of carboxylic acids is 3. The lowest BCUT2D eigenvalue weighted by atomic mass is 9.91. The van der Waals surface area contributed by atoms with Crippen LogP contribution in [0.25, 0.3) is 6.08 Å². The summed E-state index contributed by atoms with van der Waals surface area (Å²) in [6.45, 7) is 11.5. The lowest BCUT2D eigenvalue weighted by Gasteiger charge is -2.15. The molecule has 7 N–H and O–H groups in total. The monoisotopic (exact) mass is 2000 g/mol. The van der Waals surface area contributed by atoms with Crippen molar-refractivity contribution in [2.45, 2.75) is 165 Å². The topological polar surface area (TPSA) is 457 Å². The number of hydrogen-bond donors (Lipinski definition) is 7. The highest BCUT2D eigenvalue weighted by Crippen LogP contribution is 2.34. The summed E-state index contributed by atoms with van der Waals surface area (Å²) in [6, 6.07) is 55.9. The third-order valence-corrected chi connectivity index (χ3v) is 21.3. The maximum atomic E-state index is 13.1. The maximum absolute atomic E-state index is 13.1. The standard InChI is InChI=1S/C32H34O8.C21H24O6.C15H20O4.C11H13ClO2.C11H14O3.C10H12O4.C10H10O4.CH4/c1-5-39-32(36)30(25(33)16-13-22-12-11-21(2)28(19-22)37-3)26(34)17-14-23-15-18-27(29(20-23)38-4)40-31(35)24-9-7-6-8-10-24;1-26-20-11-14(5-9-18(20)24)3-7-16(22)13-17(23)8-4-15-6-10-19(25)21(12-15)27-2;1-4-19-15(17)10-13(16)8-7-12-6-5-11(2)14(9-12)18-3;2*1-8-3-4-9(5-6-11(12)13)7-10(8)14-2;2*1-14-9-6-7(2-4-8(9)11)3-5-10(12)13;/h6-12,15,18-20,30H,5,13-14,16-17H2,1-4H3;5-6,9-12,24-25H,3-4,7-8,13H2,1-2H3;5-6,9H,4,7-8,10H2,1-3H3;3-4,7H,5-6H2,1-2H3;3-4,7H,5-6H2,1-2H3,(H,12,13);2,4,6,11H,3,5H2,1H3,(H,12,13);2-6,11H,1H3,(H,12,13);1H4/b;;;;;;5-3+;/i;;;;;;;1T. The molecule has 0 aliphatic rings. The van der Waals surface area contributed by atoms with Crippen LogP contribution in [0, 0.1) is 33.6 Å². The molecular weight excluding hydrogens is 1860 g/mol. The Hall–Kier alpha value is -15.5. The minimum atomic E-state index is -1.49. The molecule has 0 aliphatic carbocycles. The zero-order valence-electron chi connectivity index (χ0n) is 84.7. The van der Waals surface area contributed by atoms with Crippen molar-refractivity contribution in [1.29, 1.82) is 0 Å². The van der Waals surface area contributed by atoms with Crippen LogP contribution in [0.5, 0.6) is 80.5 Å². The van der Waals surface area contributed by atoms with Gasteiger partial charge < -0.3 is 92.6 Å². The number of esters is 3. The number of phenols is 4. The van der Waals surface area contributed by atoms with E-state index >= 15 is 0 Å². The van der Waals surface area contributed by atoms with E-state index in [1.165, 1.54) is 73.3 Å². The van der Waals surface area contributed by atoms with Gasteiger partial charge in [0.25, 0.3) is 0 Å². The van der Waals surface area contributed by atoms with Crippen molar-refractivity contribution in [2.24, 2.45) is 5.92 Å². The number of rotatable bonds is 46. The number of benzene rings is 10. The summed E-state index contributed by atoms with van der Waals surface area (Å²) < 4.78 is 67.1. The molecule has 0 radical (unpaired) electrons. The maximum Gasteiger partial charge on any atom is 0.343 e. The first kappa shape index (κ1) is 120. The number of carboxylic acid groups (broad SMARTS) is 3. The smallest absolute Gasteiger partial charge is 0.343 e. The van der Waals surface area contributed by atoms with E-state index < -0.39 is 53.3 Å². The van der Waals surface area contributed by atoms with E-state index in [9.17, 15) is 78.0 Å². The van der Waals surface area contributed by atoms with E-state index in [-0.39, 0.29) is 116 Å². The molecule has 0 fully saturated rings. The van der Waals surface area contributed by atoms with Gasteiger partial charge in [0.2, 0.25) is 5.24 Å². The summed E-state index contributed by atoms with van der Waals surface area (Å²) in [5.74, 6) is -1.91. The Morgan fingerprint density at radius 2 is 0.629 bits per heavy atom. The fourth-order valence-electron chi connectivity index (χ4n) is 13.3. The fourth-order valence-corrected chi connectivity index (χ4v) is 13.4. The van der Waals surface area contributed by atoms with E-state index in [1.807, 2.05) is 100 Å². The number of aromatic hydroxyl groups is 4. The highest BCUT2D eigenvalue weighted by molar-refractivity contribution is 6.63. The van der Waals surface area contributed by atoms with Crippen LogP contribution in [-0.2, 0) is 114 Å². The number of halogens is 1. The van der Waals surface area contributed by atoms with Crippen molar-refractivity contribution in [3.05, 3.63) is 278 Å². The van der Waals surface area contributed by atoms with Gasteiger partial charge in [-0.15, -0.1) is 0 Å². The van der Waals surface area contributed by atoms with Crippen molar-refractivity contribution in [3.63, 3.8) is 0 Å². The molecule has 0 heterocycles. The molecule has 32 heteroatoms. The fraction of sp³-hybridized carbons (Fsp3) is 0.333. The van der Waals surface area contributed by atoms with Crippen LogP contribution in [0.15, 0.2) is 200 Å². The van der Waals surface area contributed by atoms with Crippen LogP contribution in [0.4, 0.5) is 0 Å². The van der Waals surface area contributed by atoms with Gasteiger partial charge in [-0.1, -0.05) is 104 Å². The summed E-state index contributed by atoms with van der Waals surface area (Å²) in [4.78, 5) is 140. The van der Waals surface area contributed by atoms with E-state index in [4.69, 9.17) is 85.1 Å². The average molecular weight is 2000 g/mol. The molecule has 31 nitrogen and oxygen atoms in total. The molecule has 1 unspecified atom stereocenters. The number of aryl methyl sites for hydroxylation is 12. The first-order valence-electron chi connectivity index (χ1n) is 46.2. The number of Topliss-reactive ketones (excluding diaryl/α,β-unsaturated/α-hetero) is 5. The number of ketones is 5. The van der Waals surface area contributed by atoms with Crippen molar-refractivity contribution >= 4 is 87.7 Å². The average Bonchev–Trinajstić information content (AvgIpc) is 0.835. The number of carbonyl (C=O) groups excluding carboxylic acids is 9. The summed E-state index contributed by atoms with van der Waals surface area (Å²) >= 11 is 5.26. The van der Waals surface area contributed by atoms with Crippen molar-refractivity contribution < 1.29 is 151 Å². The molecular formula is C111H131ClO31. The Kier molecular flexibility index (Phi) is 55.4. The Morgan fingerprint density at radius 3 is 0.958 bits per heavy atom. The molecule has 768 valence electrons. The second-order valence-corrected chi connectivity index (χ2v) is 32.0. The normalized spacial score (nSPS) is 10.4. The first-order chi connectivity index (χ1) is 68.8. The van der Waals surface area contributed by atoms with E-state index in [2.05, 4.69) is 0 Å². The molecule has 0 aliphatic heterocycles. The third kappa shape index (κ3) is 46.0. The van der Waals surface area contributed by atoms with E-state index in [0.717, 1.165) is 84.5 Å². The molecule has 0 saturated carbocycles. The minimum absolute atomic E-state index is 0.0107. The van der Waals surface area contributed by atoms with Gasteiger partial charge in [-0.25, -0.2) is 9.59 Å². The lowest BCUT2D eigenvalue weighted by molar-refractivity contribution is -0.155. The van der Waals surface area contributed by atoms with Crippen LogP contribution in [-0.4, -0.2) is 183 Å². The Balaban J connectivity index is 0.000000450. The first-order valence-corrected chi connectivity index (χ1v) is 45.6. The second-order valence-electron chi connectivity index (χ2n) is 31.6. The molecule has 143 heavy (non-hydrogen) atoms. The number of phenolic OH excluding ortho intramolecular Hbond substituents is 4. The molecule has 0 spiro atoms. The number of ether oxygens (including phenoxy) is 12. The van der Waals surface area contributed by atoms with E-state index in [0.29, 0.717) is 116 Å². The summed E-state index contributed by atoms with van der Waals surface area (Å²) in [5, 5.41) is 62.8. The zero-order chi connectivity index (χ0) is 107. The Bertz CT molecular complexity index is 5640. The van der Waals surface area contributed by atoms with Crippen LogP contribution in [0.3, 0.4) is 0 Å². The van der Waals surface area contributed by atoms with Crippen LogP contribution in [0.2, 0.25) is 0 Å². The quantitative estimate of drug-likeness (QED) is 0.00612. The molecule has 10 aromatic carbocycles. The second kappa shape index (κ2) is 66.2. The molecule has 10 rings (SSSR count). The van der Waals surface area contributed by atoms with Crippen molar-refractivity contribution in [2.75, 3.05) is 77.2 Å². The van der Waals surface area contributed by atoms with Gasteiger partial charge in [-0.2, -0.15) is 0 Å². The summed E-state index contributed by atoms with van der Waals surface area (Å²) in [5.41, 5.74) is 12.5. The molecule has 0 bridgehead atoms. The third-order valence-electron chi connectivity index (χ3n) is 21.2. The van der Waals surface area contributed by atoms with Gasteiger partial charge in [0.1, 0.15) is 46.8 Å². The predicted molar refractivity (Wildman–Crippen MR) is 541 cm³/mol. The Morgan fingerprint density at radius 1 is 0.336 bits per heavy atom. The number of carbonyl (C=O) groups is 12. The van der Waals surface area contributed by atoms with Gasteiger partial charge in [0.05, 0.1) is 89.2 Å². The van der Waals surface area contributed by atoms with Gasteiger partial charge in [0, 0.05) is 58.8 Å². The number of methoxy groups -OCH3 is 9. The SMILES string of the molecule is CCOC(=O)C(C(=O)CCc1ccc(C)c(OC)c1)C(=O)CCc1ccc(OC(=O)c2ccccc2)c(OC)c1.CCOC(=O)CC(=O)CCc1ccc(C)c(OC)c1.COc1cc(/C=C/C(=O)O)ccc1O.COc1cc(CCC(=O)CC(=O)CCc2ccc(O)c(OC)c2)ccc1O.COc1cc(CCC(=O)Cl)ccc1C.COc1cc(CCC(=O)O)ccc1C.COc1cc(CCC(=O)O)ccc1O.[3H]C. The van der Waals surface area contributed by atoms with E-state index in [1.54, 1.807) is 139 Å². The van der Waals surface area contributed by atoms with Crippen LogP contribution in [0.1, 0.15) is 170 Å². The summed E-state index contributed by atoms with van der Waals surface area (Å²) in [6.07, 6.45) is 7.45. The largest absolute Gasteiger partial charge is 0.504 e. The Labute approximate surface area is 840 Å². The lowest BCUT2D eigenvalue weighted by Crippen LogP contribution is -2.34. The highest BCUT2D eigenvalue weighted by atomic mass is 35.5. The molecule has 1 atom stereocenters. The summed E-state index contributed by atoms with van der Waals surface area (Å²) in [7, 11) is 15.0. The molecule has 0 amide bonds. The molecule has 0 aromatic heterocycles. The van der Waals surface area contributed by atoms with Gasteiger partial charge >= 0.3 is 35.8 Å². The minimum Gasteiger partial charge on any atom is -0.504 e. The molecule has 0 saturated heterocycles.